The molecule has 5 heteroatoms. The molecule has 0 aliphatic carbocycles. The summed E-state index contributed by atoms with van der Waals surface area (Å²) in [7, 11) is 0. The van der Waals surface area contributed by atoms with E-state index in [-0.39, 0.29) is 0 Å². The maximum Gasteiger partial charge on any atom is 0.283 e. The Balaban J connectivity index is 1.22. The van der Waals surface area contributed by atoms with E-state index in [4.69, 9.17) is 13.3 Å². The maximum absolute atomic E-state index is 6.01. The van der Waals surface area contributed by atoms with E-state index in [2.05, 4.69) is 34.5 Å². The summed E-state index contributed by atoms with van der Waals surface area (Å²) < 4.78 is 17.8. The molecule has 0 saturated carbocycles. The lowest BCUT2D eigenvalue weighted by molar-refractivity contribution is 0.542. The van der Waals surface area contributed by atoms with Crippen LogP contribution in [0.15, 0.2) is 111 Å². The van der Waals surface area contributed by atoms with Crippen molar-refractivity contribution in [3.8, 4) is 34.4 Å². The SMILES string of the molecule is c1ccc2cc3oc(-c4nnc(-c5ccc(-c6occ7ccccc67)cc5)o4)cc3cc2c1. The Morgan fingerprint density at radius 2 is 1.24 bits per heavy atom. The van der Waals surface area contributed by atoms with Gasteiger partial charge in [-0.05, 0) is 41.1 Å². The minimum Gasteiger partial charge on any atom is -0.463 e. The van der Waals surface area contributed by atoms with Crippen molar-refractivity contribution in [3.05, 3.63) is 97.3 Å². The molecule has 0 bridgehead atoms. The minimum atomic E-state index is 0.353. The van der Waals surface area contributed by atoms with Gasteiger partial charge in [-0.1, -0.05) is 60.7 Å². The van der Waals surface area contributed by atoms with Crippen LogP contribution in [0, 0.1) is 0 Å². The molecule has 3 heterocycles. The Bertz CT molecular complexity index is 1720. The molecule has 0 aliphatic rings. The van der Waals surface area contributed by atoms with Gasteiger partial charge in [0.25, 0.3) is 5.89 Å². The zero-order valence-corrected chi connectivity index (χ0v) is 17.4. The summed E-state index contributed by atoms with van der Waals surface area (Å²) in [5.41, 5.74) is 2.61. The largest absolute Gasteiger partial charge is 0.463 e. The van der Waals surface area contributed by atoms with Gasteiger partial charge in [-0.2, -0.15) is 0 Å². The van der Waals surface area contributed by atoms with Crippen molar-refractivity contribution in [1.29, 1.82) is 0 Å². The summed E-state index contributed by atoms with van der Waals surface area (Å²) in [5, 5.41) is 13.9. The molecule has 0 radical (unpaired) electrons. The van der Waals surface area contributed by atoms with E-state index < -0.39 is 0 Å². The second kappa shape index (κ2) is 6.93. The number of rotatable bonds is 3. The zero-order chi connectivity index (χ0) is 21.8. The summed E-state index contributed by atoms with van der Waals surface area (Å²) in [6.07, 6.45) is 1.78. The first kappa shape index (κ1) is 18.0. The summed E-state index contributed by atoms with van der Waals surface area (Å²) in [6, 6.07) is 30.3. The van der Waals surface area contributed by atoms with Gasteiger partial charge in [0.2, 0.25) is 5.89 Å². The molecule has 7 rings (SSSR count). The number of hydrogen-bond donors (Lipinski definition) is 0. The zero-order valence-electron chi connectivity index (χ0n) is 17.4. The average molecular weight is 428 g/mol. The smallest absolute Gasteiger partial charge is 0.283 e. The molecule has 0 spiro atoms. The van der Waals surface area contributed by atoms with Gasteiger partial charge in [0, 0.05) is 27.3 Å². The van der Waals surface area contributed by atoms with Gasteiger partial charge < -0.3 is 13.3 Å². The molecule has 5 nitrogen and oxygen atoms in total. The van der Waals surface area contributed by atoms with Crippen LogP contribution >= 0.6 is 0 Å². The highest BCUT2D eigenvalue weighted by Crippen LogP contribution is 2.34. The minimum absolute atomic E-state index is 0.353. The number of benzene rings is 4. The second-order valence-electron chi connectivity index (χ2n) is 7.99. The van der Waals surface area contributed by atoms with Crippen LogP contribution in [0.4, 0.5) is 0 Å². The van der Waals surface area contributed by atoms with E-state index in [1.54, 1.807) is 6.26 Å². The molecule has 0 amide bonds. The van der Waals surface area contributed by atoms with Gasteiger partial charge in [-0.3, -0.25) is 0 Å². The topological polar surface area (TPSA) is 65.2 Å². The molecule has 156 valence electrons. The monoisotopic (exact) mass is 428 g/mol. The third-order valence-electron chi connectivity index (χ3n) is 5.92. The van der Waals surface area contributed by atoms with Crippen LogP contribution in [-0.4, -0.2) is 10.2 Å². The predicted molar refractivity (Wildman–Crippen MR) is 128 cm³/mol. The van der Waals surface area contributed by atoms with Crippen LogP contribution < -0.4 is 0 Å². The number of nitrogens with zero attached hydrogens (tertiary/aromatic N) is 2. The van der Waals surface area contributed by atoms with Crippen LogP contribution in [-0.2, 0) is 0 Å². The summed E-state index contributed by atoms with van der Waals surface area (Å²) in [5.74, 6) is 2.19. The molecule has 3 aromatic heterocycles. The standard InChI is InChI=1S/C28H16N2O3/c1-2-6-20-14-24-22(13-19(20)5-1)15-25(32-24)28-30-29-27(33-28)18-11-9-17(10-12-18)26-23-8-4-3-7-21(23)16-31-26/h1-16H. The van der Waals surface area contributed by atoms with Gasteiger partial charge in [0.15, 0.2) is 5.76 Å². The highest BCUT2D eigenvalue weighted by Gasteiger charge is 2.16. The second-order valence-corrected chi connectivity index (χ2v) is 7.99. The molecule has 0 fully saturated rings. The molecule has 0 N–H and O–H groups in total. The first-order chi connectivity index (χ1) is 16.3. The van der Waals surface area contributed by atoms with Gasteiger partial charge in [0.05, 0.1) is 6.26 Å². The Morgan fingerprint density at radius 3 is 2.09 bits per heavy atom. The molecule has 7 aromatic rings. The van der Waals surface area contributed by atoms with E-state index in [0.29, 0.717) is 17.5 Å². The summed E-state index contributed by atoms with van der Waals surface area (Å²) in [4.78, 5) is 0. The van der Waals surface area contributed by atoms with Crippen molar-refractivity contribution in [3.63, 3.8) is 0 Å². The lowest BCUT2D eigenvalue weighted by Crippen LogP contribution is -1.80. The van der Waals surface area contributed by atoms with E-state index in [0.717, 1.165) is 49.4 Å². The third-order valence-corrected chi connectivity index (χ3v) is 5.92. The highest BCUT2D eigenvalue weighted by molar-refractivity contribution is 5.97. The number of fused-ring (bicyclic) bond motifs is 3. The fraction of sp³-hybridized carbons (Fsp3) is 0. The van der Waals surface area contributed by atoms with Crippen LogP contribution in [0.5, 0.6) is 0 Å². The molecular formula is C28H16N2O3. The van der Waals surface area contributed by atoms with Crippen LogP contribution in [0.2, 0.25) is 0 Å². The van der Waals surface area contributed by atoms with Crippen molar-refractivity contribution in [2.45, 2.75) is 0 Å². The fourth-order valence-corrected chi connectivity index (χ4v) is 4.25. The quantitative estimate of drug-likeness (QED) is 0.288. The normalized spacial score (nSPS) is 11.6. The van der Waals surface area contributed by atoms with Gasteiger partial charge >= 0.3 is 0 Å². The van der Waals surface area contributed by atoms with Crippen molar-refractivity contribution < 1.29 is 13.3 Å². The molecular weight excluding hydrogens is 412 g/mol. The molecule has 33 heavy (non-hydrogen) atoms. The maximum atomic E-state index is 6.01. The Kier molecular flexibility index (Phi) is 3.78. The molecule has 0 saturated heterocycles. The van der Waals surface area contributed by atoms with E-state index in [9.17, 15) is 0 Å². The van der Waals surface area contributed by atoms with Gasteiger partial charge in [-0.25, -0.2) is 0 Å². The van der Waals surface area contributed by atoms with E-state index in [1.807, 2.05) is 66.7 Å². The fourth-order valence-electron chi connectivity index (χ4n) is 4.25. The lowest BCUT2D eigenvalue weighted by Gasteiger charge is -2.00. The lowest BCUT2D eigenvalue weighted by atomic mass is 10.1. The van der Waals surface area contributed by atoms with Crippen molar-refractivity contribution in [1.82, 2.24) is 10.2 Å². The van der Waals surface area contributed by atoms with E-state index in [1.165, 1.54) is 0 Å². The van der Waals surface area contributed by atoms with Gasteiger partial charge in [0.1, 0.15) is 11.3 Å². The third kappa shape index (κ3) is 2.94. The first-order valence-corrected chi connectivity index (χ1v) is 10.7. The first-order valence-electron chi connectivity index (χ1n) is 10.7. The van der Waals surface area contributed by atoms with Crippen molar-refractivity contribution in [2.75, 3.05) is 0 Å². The Hall–Kier alpha value is -4.64. The summed E-state index contributed by atoms with van der Waals surface area (Å²) in [6.45, 7) is 0. The van der Waals surface area contributed by atoms with Crippen molar-refractivity contribution in [2.24, 2.45) is 0 Å². The molecule has 4 aromatic carbocycles. The number of furan rings is 2. The van der Waals surface area contributed by atoms with Crippen LogP contribution in [0.25, 0.3) is 66.9 Å². The Morgan fingerprint density at radius 1 is 0.545 bits per heavy atom. The van der Waals surface area contributed by atoms with Gasteiger partial charge in [-0.15, -0.1) is 10.2 Å². The number of hydrogen-bond acceptors (Lipinski definition) is 5. The van der Waals surface area contributed by atoms with Crippen LogP contribution in [0.1, 0.15) is 0 Å². The molecule has 0 unspecified atom stereocenters. The number of aromatic nitrogens is 2. The summed E-state index contributed by atoms with van der Waals surface area (Å²) >= 11 is 0. The Labute approximate surface area is 187 Å². The molecule has 0 aliphatic heterocycles. The van der Waals surface area contributed by atoms with E-state index >= 15 is 0 Å². The predicted octanol–water partition coefficient (Wildman–Crippen LogP) is 7.72. The van der Waals surface area contributed by atoms with Crippen molar-refractivity contribution >= 4 is 32.5 Å². The van der Waals surface area contributed by atoms with Crippen LogP contribution in [0.3, 0.4) is 0 Å². The molecule has 0 atom stereocenters. The average Bonchev–Trinajstić information content (AvgIpc) is 3.60. The highest BCUT2D eigenvalue weighted by atomic mass is 16.4.